The van der Waals surface area contributed by atoms with Crippen LogP contribution in [0.25, 0.3) is 0 Å². The standard InChI is InChI=1S/C14H22N2O3S/c1-13(2,3)12-16-9(8-20-12)11(18)15-7-10(17)19-14(4,5)6/h8H,7H2,1-6H3,(H,15,18). The Bertz CT molecular complexity index is 495. The Hall–Kier alpha value is -1.43. The van der Waals surface area contributed by atoms with Gasteiger partial charge in [0.15, 0.2) is 0 Å². The lowest BCUT2D eigenvalue weighted by atomic mass is 9.98. The number of esters is 1. The van der Waals surface area contributed by atoms with Crippen molar-refractivity contribution in [2.75, 3.05) is 6.54 Å². The highest BCUT2D eigenvalue weighted by Gasteiger charge is 2.21. The molecule has 1 aromatic heterocycles. The summed E-state index contributed by atoms with van der Waals surface area (Å²) in [4.78, 5) is 27.7. The summed E-state index contributed by atoms with van der Waals surface area (Å²) in [7, 11) is 0. The van der Waals surface area contributed by atoms with Crippen LogP contribution in [0, 0.1) is 0 Å². The number of nitrogens with one attached hydrogen (secondary N) is 1. The average molecular weight is 298 g/mol. The number of thiazole rings is 1. The van der Waals surface area contributed by atoms with Crippen molar-refractivity contribution >= 4 is 23.2 Å². The number of carbonyl (C=O) groups excluding carboxylic acids is 2. The van der Waals surface area contributed by atoms with Gasteiger partial charge in [-0.25, -0.2) is 4.98 Å². The predicted molar refractivity (Wildman–Crippen MR) is 79.0 cm³/mol. The molecule has 1 amide bonds. The second kappa shape index (κ2) is 5.91. The first-order valence-corrected chi connectivity index (χ1v) is 7.33. The van der Waals surface area contributed by atoms with Crippen molar-refractivity contribution in [2.24, 2.45) is 0 Å². The van der Waals surface area contributed by atoms with E-state index >= 15 is 0 Å². The molecule has 0 aliphatic carbocycles. The monoisotopic (exact) mass is 298 g/mol. The van der Waals surface area contributed by atoms with Gasteiger partial charge in [0.2, 0.25) is 0 Å². The molecule has 0 spiro atoms. The Kier molecular flexibility index (Phi) is 4.91. The molecule has 0 unspecified atom stereocenters. The molecule has 0 fully saturated rings. The van der Waals surface area contributed by atoms with E-state index in [2.05, 4.69) is 10.3 Å². The molecule has 1 aromatic rings. The van der Waals surface area contributed by atoms with Crippen LogP contribution in [0.4, 0.5) is 0 Å². The molecule has 0 aliphatic heterocycles. The van der Waals surface area contributed by atoms with E-state index in [-0.39, 0.29) is 17.9 Å². The molecule has 0 radical (unpaired) electrons. The molecule has 1 rings (SSSR count). The quantitative estimate of drug-likeness (QED) is 0.871. The average Bonchev–Trinajstić information content (AvgIpc) is 2.72. The Morgan fingerprint density at radius 2 is 1.85 bits per heavy atom. The predicted octanol–water partition coefficient (Wildman–Crippen LogP) is 2.51. The summed E-state index contributed by atoms with van der Waals surface area (Å²) >= 11 is 1.44. The number of hydrogen-bond acceptors (Lipinski definition) is 5. The molecule has 0 atom stereocenters. The van der Waals surface area contributed by atoms with Crippen molar-refractivity contribution in [1.82, 2.24) is 10.3 Å². The van der Waals surface area contributed by atoms with E-state index in [9.17, 15) is 9.59 Å². The van der Waals surface area contributed by atoms with E-state index in [1.165, 1.54) is 11.3 Å². The van der Waals surface area contributed by atoms with Crippen LogP contribution in [0.15, 0.2) is 5.38 Å². The summed E-state index contributed by atoms with van der Waals surface area (Å²) in [5.74, 6) is -0.820. The minimum Gasteiger partial charge on any atom is -0.459 e. The lowest BCUT2D eigenvalue weighted by molar-refractivity contribution is -0.153. The Balaban J connectivity index is 2.56. The summed E-state index contributed by atoms with van der Waals surface area (Å²) in [6.07, 6.45) is 0. The zero-order valence-electron chi connectivity index (χ0n) is 12.9. The van der Waals surface area contributed by atoms with Gasteiger partial charge in [0.05, 0.1) is 5.01 Å². The molecule has 0 saturated heterocycles. The van der Waals surface area contributed by atoms with Crippen molar-refractivity contribution in [2.45, 2.75) is 52.6 Å². The number of aromatic nitrogens is 1. The number of rotatable bonds is 3. The van der Waals surface area contributed by atoms with E-state index in [1.54, 1.807) is 26.2 Å². The maximum absolute atomic E-state index is 11.9. The molecule has 0 aromatic carbocycles. The van der Waals surface area contributed by atoms with Crippen LogP contribution in [-0.2, 0) is 14.9 Å². The van der Waals surface area contributed by atoms with Gasteiger partial charge in [0.1, 0.15) is 17.8 Å². The zero-order valence-corrected chi connectivity index (χ0v) is 13.7. The van der Waals surface area contributed by atoms with Gasteiger partial charge in [0, 0.05) is 10.8 Å². The molecule has 1 N–H and O–H groups in total. The highest BCUT2D eigenvalue weighted by molar-refractivity contribution is 7.10. The summed E-state index contributed by atoms with van der Waals surface area (Å²) in [5.41, 5.74) is -0.306. The fourth-order valence-corrected chi connectivity index (χ4v) is 2.23. The molecular formula is C14H22N2O3S. The van der Waals surface area contributed by atoms with Crippen molar-refractivity contribution < 1.29 is 14.3 Å². The van der Waals surface area contributed by atoms with Crippen molar-refractivity contribution in [3.8, 4) is 0 Å². The first kappa shape index (κ1) is 16.6. The van der Waals surface area contributed by atoms with E-state index in [4.69, 9.17) is 4.74 Å². The van der Waals surface area contributed by atoms with Crippen LogP contribution in [0.5, 0.6) is 0 Å². The van der Waals surface area contributed by atoms with Crippen LogP contribution in [0.3, 0.4) is 0 Å². The SMILES string of the molecule is CC(C)(C)OC(=O)CNC(=O)c1csc(C(C)(C)C)n1. The maximum atomic E-state index is 11.9. The summed E-state index contributed by atoms with van der Waals surface area (Å²) in [5, 5.41) is 5.10. The minimum absolute atomic E-state index is 0.0889. The molecule has 5 nitrogen and oxygen atoms in total. The highest BCUT2D eigenvalue weighted by atomic mass is 32.1. The van der Waals surface area contributed by atoms with Crippen molar-refractivity contribution in [3.05, 3.63) is 16.1 Å². The maximum Gasteiger partial charge on any atom is 0.325 e. The van der Waals surface area contributed by atoms with Crippen LogP contribution >= 0.6 is 11.3 Å². The van der Waals surface area contributed by atoms with Crippen molar-refractivity contribution in [1.29, 1.82) is 0 Å². The molecule has 0 bridgehead atoms. The second-order valence-corrected chi connectivity index (χ2v) is 7.42. The third-order valence-electron chi connectivity index (χ3n) is 2.19. The van der Waals surface area contributed by atoms with Gasteiger partial charge in [-0.05, 0) is 20.8 Å². The van der Waals surface area contributed by atoms with E-state index in [0.717, 1.165) is 5.01 Å². The van der Waals surface area contributed by atoms with Crippen LogP contribution in [0.1, 0.15) is 57.0 Å². The number of ether oxygens (including phenoxy) is 1. The van der Waals surface area contributed by atoms with E-state index in [1.807, 2.05) is 20.8 Å². The first-order chi connectivity index (χ1) is 8.99. The molecule has 0 saturated carbocycles. The van der Waals surface area contributed by atoms with Gasteiger partial charge in [-0.2, -0.15) is 0 Å². The Morgan fingerprint density at radius 3 is 2.30 bits per heavy atom. The summed E-state index contributed by atoms with van der Waals surface area (Å²) in [6, 6.07) is 0. The number of amides is 1. The van der Waals surface area contributed by atoms with Gasteiger partial charge in [0.25, 0.3) is 5.91 Å². The molecule has 1 heterocycles. The van der Waals surface area contributed by atoms with Gasteiger partial charge in [-0.1, -0.05) is 20.8 Å². The summed E-state index contributed by atoms with van der Waals surface area (Å²) in [6.45, 7) is 11.3. The Morgan fingerprint density at radius 1 is 1.25 bits per heavy atom. The second-order valence-electron chi connectivity index (χ2n) is 6.56. The number of carbonyl (C=O) groups is 2. The van der Waals surface area contributed by atoms with Gasteiger partial charge < -0.3 is 10.1 Å². The lowest BCUT2D eigenvalue weighted by Gasteiger charge is -2.19. The molecule has 20 heavy (non-hydrogen) atoms. The first-order valence-electron chi connectivity index (χ1n) is 6.45. The number of hydrogen-bond donors (Lipinski definition) is 1. The fraction of sp³-hybridized carbons (Fsp3) is 0.643. The minimum atomic E-state index is -0.554. The van der Waals surface area contributed by atoms with Gasteiger partial charge >= 0.3 is 5.97 Å². The number of nitrogens with zero attached hydrogens (tertiary/aromatic N) is 1. The third kappa shape index (κ3) is 5.28. The van der Waals surface area contributed by atoms with Crippen molar-refractivity contribution in [3.63, 3.8) is 0 Å². The highest BCUT2D eigenvalue weighted by Crippen LogP contribution is 2.25. The molecule has 0 aliphatic rings. The molecular weight excluding hydrogens is 276 g/mol. The van der Waals surface area contributed by atoms with Gasteiger partial charge in [-0.15, -0.1) is 11.3 Å². The molecule has 6 heteroatoms. The van der Waals surface area contributed by atoms with Crippen LogP contribution in [0.2, 0.25) is 0 Å². The summed E-state index contributed by atoms with van der Waals surface area (Å²) < 4.78 is 5.11. The van der Waals surface area contributed by atoms with Crippen LogP contribution in [-0.4, -0.2) is 29.0 Å². The lowest BCUT2D eigenvalue weighted by Crippen LogP contribution is -2.34. The van der Waals surface area contributed by atoms with E-state index < -0.39 is 11.6 Å². The topological polar surface area (TPSA) is 68.3 Å². The fourth-order valence-electron chi connectivity index (χ4n) is 1.34. The van der Waals surface area contributed by atoms with Crippen LogP contribution < -0.4 is 5.32 Å². The Labute approximate surface area is 123 Å². The molecule has 112 valence electrons. The normalized spacial score (nSPS) is 12.1. The van der Waals surface area contributed by atoms with Gasteiger partial charge in [-0.3, -0.25) is 9.59 Å². The smallest absolute Gasteiger partial charge is 0.325 e. The largest absolute Gasteiger partial charge is 0.459 e. The van der Waals surface area contributed by atoms with E-state index in [0.29, 0.717) is 5.69 Å². The zero-order chi connectivity index (χ0) is 15.6. The third-order valence-corrected chi connectivity index (χ3v) is 3.46.